The second-order valence-corrected chi connectivity index (χ2v) is 8.50. The highest BCUT2D eigenvalue weighted by molar-refractivity contribution is 8.04. The highest BCUT2D eigenvalue weighted by atomic mass is 32.2. The van der Waals surface area contributed by atoms with Crippen LogP contribution in [0.25, 0.3) is 5.57 Å². The number of hydrogen-bond acceptors (Lipinski definition) is 5. The molecule has 3 aromatic carbocycles. The van der Waals surface area contributed by atoms with Gasteiger partial charge in [0.05, 0.1) is 30.4 Å². The van der Waals surface area contributed by atoms with E-state index < -0.39 is 0 Å². The lowest BCUT2D eigenvalue weighted by molar-refractivity contribution is -0.119. The first kappa shape index (κ1) is 21.7. The summed E-state index contributed by atoms with van der Waals surface area (Å²) < 4.78 is 10.8. The van der Waals surface area contributed by atoms with E-state index in [9.17, 15) is 9.59 Å². The van der Waals surface area contributed by atoms with Crippen LogP contribution in [0.3, 0.4) is 0 Å². The maximum Gasteiger partial charge on any atom is 0.273 e. The van der Waals surface area contributed by atoms with Gasteiger partial charge in [0.15, 0.2) is 0 Å². The van der Waals surface area contributed by atoms with Gasteiger partial charge in [0, 0.05) is 11.0 Å². The molecule has 0 radical (unpaired) electrons. The van der Waals surface area contributed by atoms with Gasteiger partial charge in [-0.3, -0.25) is 9.59 Å². The molecule has 1 heterocycles. The van der Waals surface area contributed by atoms with Gasteiger partial charge in [0.2, 0.25) is 0 Å². The van der Waals surface area contributed by atoms with Crippen molar-refractivity contribution in [3.8, 4) is 11.5 Å². The van der Waals surface area contributed by atoms with Gasteiger partial charge in [-0.05, 0) is 49.2 Å². The molecule has 3 aromatic rings. The fraction of sp³-hybridized carbons (Fsp3) is 0.154. The lowest BCUT2D eigenvalue weighted by atomic mass is 9.98. The van der Waals surface area contributed by atoms with Gasteiger partial charge in [-0.2, -0.15) is 0 Å². The summed E-state index contributed by atoms with van der Waals surface area (Å²) in [6.07, 6.45) is 0. The van der Waals surface area contributed by atoms with Crippen LogP contribution >= 0.6 is 11.8 Å². The van der Waals surface area contributed by atoms with Gasteiger partial charge in [0.25, 0.3) is 11.8 Å². The Morgan fingerprint density at radius 3 is 2.22 bits per heavy atom. The first-order valence-electron chi connectivity index (χ1n) is 10.1. The van der Waals surface area contributed by atoms with Crippen LogP contribution in [0.5, 0.6) is 11.5 Å². The molecule has 0 saturated carbocycles. The average Bonchev–Trinajstić information content (AvgIpc) is 3.03. The average molecular weight is 446 g/mol. The molecule has 0 fully saturated rings. The summed E-state index contributed by atoms with van der Waals surface area (Å²) in [5, 5.41) is 0. The largest absolute Gasteiger partial charge is 0.497 e. The first-order valence-corrected chi connectivity index (χ1v) is 10.9. The van der Waals surface area contributed by atoms with Crippen molar-refractivity contribution in [1.82, 2.24) is 0 Å². The third kappa shape index (κ3) is 3.89. The number of hydrogen-bond donors (Lipinski definition) is 0. The Morgan fingerprint density at radius 2 is 1.56 bits per heavy atom. The predicted molar refractivity (Wildman–Crippen MR) is 127 cm³/mol. The van der Waals surface area contributed by atoms with Crippen LogP contribution in [0.15, 0.2) is 76.5 Å². The maximum absolute atomic E-state index is 13.8. The zero-order chi connectivity index (χ0) is 22.8. The van der Waals surface area contributed by atoms with E-state index in [2.05, 4.69) is 0 Å². The number of ether oxygens (including phenoxy) is 2. The fourth-order valence-corrected chi connectivity index (χ4v) is 4.74. The van der Waals surface area contributed by atoms with E-state index in [4.69, 9.17) is 9.47 Å². The zero-order valence-corrected chi connectivity index (χ0v) is 19.2. The number of amides is 2. The van der Waals surface area contributed by atoms with E-state index in [0.717, 1.165) is 21.6 Å². The minimum Gasteiger partial charge on any atom is -0.497 e. The van der Waals surface area contributed by atoms with Gasteiger partial charge in [0.1, 0.15) is 11.5 Å². The van der Waals surface area contributed by atoms with E-state index in [1.165, 1.54) is 30.9 Å². The molecule has 5 nitrogen and oxygen atoms in total. The number of thioether (sulfide) groups is 1. The third-order valence-corrected chi connectivity index (χ3v) is 6.37. The Balaban J connectivity index is 1.89. The van der Waals surface area contributed by atoms with Crippen LogP contribution in [0.1, 0.15) is 16.7 Å². The van der Waals surface area contributed by atoms with Crippen molar-refractivity contribution in [2.45, 2.75) is 18.7 Å². The van der Waals surface area contributed by atoms with Gasteiger partial charge in [-0.25, -0.2) is 4.90 Å². The number of rotatable bonds is 6. The van der Waals surface area contributed by atoms with Gasteiger partial charge in [-0.15, -0.1) is 0 Å². The predicted octanol–water partition coefficient (Wildman–Crippen LogP) is 5.40. The molecule has 0 bridgehead atoms. The molecule has 162 valence electrons. The molecule has 0 saturated heterocycles. The number of methoxy groups -OCH3 is 2. The highest BCUT2D eigenvalue weighted by Gasteiger charge is 2.42. The molecule has 0 unspecified atom stereocenters. The minimum atomic E-state index is -0.384. The molecule has 0 aromatic heterocycles. The summed E-state index contributed by atoms with van der Waals surface area (Å²) in [6.45, 7) is 3.95. The smallest absolute Gasteiger partial charge is 0.273 e. The van der Waals surface area contributed by atoms with Crippen molar-refractivity contribution in [3.63, 3.8) is 0 Å². The minimum absolute atomic E-state index is 0.354. The summed E-state index contributed by atoms with van der Waals surface area (Å²) in [4.78, 5) is 29.9. The van der Waals surface area contributed by atoms with Crippen molar-refractivity contribution in [2.75, 3.05) is 19.1 Å². The molecule has 0 N–H and O–H groups in total. The van der Waals surface area contributed by atoms with Crippen molar-refractivity contribution < 1.29 is 19.1 Å². The second kappa shape index (κ2) is 8.93. The Hall–Kier alpha value is -3.51. The SMILES string of the molecule is COc1ccc(OC)c(N2C(=O)C(Sc3ccccc3)=C(c3ccc(C)cc3C)C2=O)c1. The number of anilines is 1. The van der Waals surface area contributed by atoms with Crippen molar-refractivity contribution in [1.29, 1.82) is 0 Å². The highest BCUT2D eigenvalue weighted by Crippen LogP contribution is 2.44. The second-order valence-electron chi connectivity index (χ2n) is 7.42. The van der Waals surface area contributed by atoms with Gasteiger partial charge < -0.3 is 9.47 Å². The zero-order valence-electron chi connectivity index (χ0n) is 18.3. The number of carbonyl (C=O) groups excluding carboxylic acids is 2. The summed E-state index contributed by atoms with van der Waals surface area (Å²) in [5.74, 6) is 0.175. The van der Waals surface area contributed by atoms with E-state index in [-0.39, 0.29) is 11.8 Å². The maximum atomic E-state index is 13.8. The number of carbonyl (C=O) groups is 2. The number of imide groups is 1. The molecule has 4 rings (SSSR count). The Labute approximate surface area is 191 Å². The van der Waals surface area contributed by atoms with E-state index in [0.29, 0.717) is 27.7 Å². The quantitative estimate of drug-likeness (QED) is 0.476. The monoisotopic (exact) mass is 445 g/mol. The number of benzene rings is 3. The van der Waals surface area contributed by atoms with Crippen LogP contribution in [0.2, 0.25) is 0 Å². The normalized spacial score (nSPS) is 13.7. The fourth-order valence-electron chi connectivity index (χ4n) is 3.73. The molecule has 0 atom stereocenters. The molecule has 32 heavy (non-hydrogen) atoms. The molecular formula is C26H23NO4S. The first-order chi connectivity index (χ1) is 15.4. The summed E-state index contributed by atoms with van der Waals surface area (Å²) >= 11 is 1.30. The summed E-state index contributed by atoms with van der Waals surface area (Å²) in [5.41, 5.74) is 3.52. The van der Waals surface area contributed by atoms with E-state index in [1.807, 2.05) is 62.4 Å². The molecule has 0 spiro atoms. The molecule has 0 aliphatic carbocycles. The van der Waals surface area contributed by atoms with E-state index >= 15 is 0 Å². The van der Waals surface area contributed by atoms with Crippen molar-refractivity contribution in [3.05, 3.63) is 88.3 Å². The lowest BCUT2D eigenvalue weighted by Crippen LogP contribution is -2.31. The molecular weight excluding hydrogens is 422 g/mol. The number of aryl methyl sites for hydroxylation is 2. The van der Waals surface area contributed by atoms with E-state index in [1.54, 1.807) is 18.2 Å². The molecule has 1 aliphatic rings. The van der Waals surface area contributed by atoms with Crippen molar-refractivity contribution >= 4 is 34.8 Å². The van der Waals surface area contributed by atoms with Crippen LogP contribution < -0.4 is 14.4 Å². The van der Waals surface area contributed by atoms with Crippen LogP contribution in [-0.2, 0) is 9.59 Å². The topological polar surface area (TPSA) is 55.8 Å². The standard InChI is InChI=1S/C26H23NO4S/c1-16-10-12-20(17(2)14-16)23-24(32-19-8-6-5-7-9-19)26(29)27(25(23)28)21-15-18(30-3)11-13-22(21)31-4/h5-15H,1-4H3. The van der Waals surface area contributed by atoms with Gasteiger partial charge in [-0.1, -0.05) is 53.7 Å². The molecule has 6 heteroatoms. The Bertz CT molecular complexity index is 1230. The third-order valence-electron chi connectivity index (χ3n) is 5.28. The van der Waals surface area contributed by atoms with Crippen LogP contribution in [0.4, 0.5) is 5.69 Å². The Kier molecular flexibility index (Phi) is 6.06. The molecule has 1 aliphatic heterocycles. The Morgan fingerprint density at radius 1 is 0.812 bits per heavy atom. The van der Waals surface area contributed by atoms with Gasteiger partial charge >= 0.3 is 0 Å². The summed E-state index contributed by atoms with van der Waals surface area (Å²) in [7, 11) is 3.05. The van der Waals surface area contributed by atoms with Crippen LogP contribution in [-0.4, -0.2) is 26.0 Å². The lowest BCUT2D eigenvalue weighted by Gasteiger charge is -2.19. The molecule has 2 amide bonds. The number of nitrogens with zero attached hydrogens (tertiary/aromatic N) is 1. The van der Waals surface area contributed by atoms with Crippen LogP contribution in [0, 0.1) is 13.8 Å². The summed E-state index contributed by atoms with van der Waals surface area (Å²) in [6, 6.07) is 20.5. The van der Waals surface area contributed by atoms with Crippen molar-refractivity contribution in [2.24, 2.45) is 0 Å².